The molecule has 0 saturated carbocycles. The second-order valence-electron chi connectivity index (χ2n) is 6.79. The number of likely N-dealkylation sites (N-methyl/N-ethyl adjacent to an activating group) is 1. The van der Waals surface area contributed by atoms with Crippen molar-refractivity contribution in [2.45, 2.75) is 38.6 Å². The normalized spacial score (nSPS) is 29.2. The second kappa shape index (κ2) is 7.74. The number of rotatable bonds is 5. The van der Waals surface area contributed by atoms with E-state index in [9.17, 15) is 0 Å². The standard InChI is InChI=1S/C16H33N3O/c1-4-15-12-18(3)8-5-9-19(15)14-16(13-17-2)6-10-20-11-7-16/h15,17H,4-14H2,1-3H3. The van der Waals surface area contributed by atoms with Gasteiger partial charge in [0.1, 0.15) is 0 Å². The van der Waals surface area contributed by atoms with E-state index in [2.05, 4.69) is 36.1 Å². The zero-order valence-corrected chi connectivity index (χ0v) is 13.7. The average Bonchev–Trinajstić information content (AvgIpc) is 2.61. The molecule has 2 fully saturated rings. The highest BCUT2D eigenvalue weighted by molar-refractivity contribution is 4.90. The van der Waals surface area contributed by atoms with Crippen LogP contribution in [0, 0.1) is 5.41 Å². The zero-order valence-electron chi connectivity index (χ0n) is 13.7. The van der Waals surface area contributed by atoms with Gasteiger partial charge in [0, 0.05) is 38.9 Å². The third kappa shape index (κ3) is 4.17. The van der Waals surface area contributed by atoms with Crippen LogP contribution in [0.15, 0.2) is 0 Å². The van der Waals surface area contributed by atoms with Crippen molar-refractivity contribution in [3.05, 3.63) is 0 Å². The Kier molecular flexibility index (Phi) is 6.27. The number of hydrogen-bond acceptors (Lipinski definition) is 4. The van der Waals surface area contributed by atoms with Gasteiger partial charge in [-0.25, -0.2) is 0 Å². The van der Waals surface area contributed by atoms with Crippen LogP contribution in [-0.2, 0) is 4.74 Å². The van der Waals surface area contributed by atoms with Crippen LogP contribution in [-0.4, -0.2) is 75.9 Å². The van der Waals surface area contributed by atoms with E-state index in [0.29, 0.717) is 5.41 Å². The maximum atomic E-state index is 5.60. The molecule has 2 aliphatic heterocycles. The van der Waals surface area contributed by atoms with Gasteiger partial charge >= 0.3 is 0 Å². The van der Waals surface area contributed by atoms with Gasteiger partial charge in [-0.2, -0.15) is 0 Å². The van der Waals surface area contributed by atoms with E-state index in [4.69, 9.17) is 4.74 Å². The van der Waals surface area contributed by atoms with Gasteiger partial charge in [0.15, 0.2) is 0 Å². The molecule has 1 unspecified atom stereocenters. The van der Waals surface area contributed by atoms with E-state index in [1.807, 2.05) is 0 Å². The minimum Gasteiger partial charge on any atom is -0.381 e. The van der Waals surface area contributed by atoms with Crippen molar-refractivity contribution in [1.29, 1.82) is 0 Å². The number of nitrogens with one attached hydrogen (secondary N) is 1. The van der Waals surface area contributed by atoms with Gasteiger partial charge in [0.05, 0.1) is 0 Å². The van der Waals surface area contributed by atoms with Crippen molar-refractivity contribution in [2.75, 3.05) is 60.0 Å². The van der Waals surface area contributed by atoms with Crippen LogP contribution in [0.5, 0.6) is 0 Å². The van der Waals surface area contributed by atoms with Crippen molar-refractivity contribution < 1.29 is 4.74 Å². The number of hydrogen-bond donors (Lipinski definition) is 1. The lowest BCUT2D eigenvalue weighted by Gasteiger charge is -2.43. The van der Waals surface area contributed by atoms with Crippen molar-refractivity contribution in [1.82, 2.24) is 15.1 Å². The van der Waals surface area contributed by atoms with Gasteiger partial charge in [-0.15, -0.1) is 0 Å². The molecule has 0 radical (unpaired) electrons. The van der Waals surface area contributed by atoms with E-state index in [1.165, 1.54) is 51.9 Å². The molecule has 0 aromatic heterocycles. The zero-order chi connectivity index (χ0) is 14.4. The van der Waals surface area contributed by atoms with E-state index >= 15 is 0 Å². The summed E-state index contributed by atoms with van der Waals surface area (Å²) in [6, 6.07) is 0.721. The summed E-state index contributed by atoms with van der Waals surface area (Å²) in [6.07, 6.45) is 4.98. The summed E-state index contributed by atoms with van der Waals surface area (Å²) in [5.74, 6) is 0. The highest BCUT2D eigenvalue weighted by Gasteiger charge is 2.36. The molecule has 0 aromatic carbocycles. The second-order valence-corrected chi connectivity index (χ2v) is 6.79. The van der Waals surface area contributed by atoms with Crippen LogP contribution in [0.25, 0.3) is 0 Å². The third-order valence-corrected chi connectivity index (χ3v) is 5.14. The SMILES string of the molecule is CCC1CN(C)CCCN1CC1(CNC)CCOCC1. The summed E-state index contributed by atoms with van der Waals surface area (Å²) in [6.45, 7) is 10.3. The van der Waals surface area contributed by atoms with Crippen molar-refractivity contribution in [3.8, 4) is 0 Å². The summed E-state index contributed by atoms with van der Waals surface area (Å²) in [7, 11) is 4.36. The Hall–Kier alpha value is -0.160. The van der Waals surface area contributed by atoms with E-state index in [1.54, 1.807) is 0 Å². The van der Waals surface area contributed by atoms with Crippen LogP contribution in [0.4, 0.5) is 0 Å². The summed E-state index contributed by atoms with van der Waals surface area (Å²) in [5, 5.41) is 3.43. The molecular formula is C16H33N3O. The topological polar surface area (TPSA) is 27.7 Å². The predicted octanol–water partition coefficient (Wildman–Crippen LogP) is 1.42. The highest BCUT2D eigenvalue weighted by atomic mass is 16.5. The fraction of sp³-hybridized carbons (Fsp3) is 1.00. The van der Waals surface area contributed by atoms with Crippen LogP contribution >= 0.6 is 0 Å². The lowest BCUT2D eigenvalue weighted by molar-refractivity contribution is -0.0109. The molecule has 0 aromatic rings. The van der Waals surface area contributed by atoms with E-state index in [0.717, 1.165) is 25.8 Å². The fourth-order valence-corrected chi connectivity index (χ4v) is 3.89. The molecule has 2 aliphatic rings. The first kappa shape index (κ1) is 16.2. The van der Waals surface area contributed by atoms with Gasteiger partial charge in [0.2, 0.25) is 0 Å². The molecule has 4 heteroatoms. The molecule has 1 N–H and O–H groups in total. The molecular weight excluding hydrogens is 250 g/mol. The van der Waals surface area contributed by atoms with E-state index < -0.39 is 0 Å². The maximum Gasteiger partial charge on any atom is 0.0472 e. The Morgan fingerprint density at radius 1 is 1.25 bits per heavy atom. The fourth-order valence-electron chi connectivity index (χ4n) is 3.89. The van der Waals surface area contributed by atoms with Crippen molar-refractivity contribution >= 4 is 0 Å². The smallest absolute Gasteiger partial charge is 0.0472 e. The van der Waals surface area contributed by atoms with Crippen molar-refractivity contribution in [2.24, 2.45) is 5.41 Å². The summed E-state index contributed by atoms with van der Waals surface area (Å²) in [5.41, 5.74) is 0.420. The lowest BCUT2D eigenvalue weighted by Crippen LogP contribution is -2.50. The molecule has 2 rings (SSSR count). The maximum absolute atomic E-state index is 5.60. The molecule has 4 nitrogen and oxygen atoms in total. The molecule has 20 heavy (non-hydrogen) atoms. The highest BCUT2D eigenvalue weighted by Crippen LogP contribution is 2.32. The molecule has 0 bridgehead atoms. The Morgan fingerprint density at radius 3 is 2.65 bits per heavy atom. The lowest BCUT2D eigenvalue weighted by atomic mass is 9.79. The van der Waals surface area contributed by atoms with E-state index in [-0.39, 0.29) is 0 Å². The molecule has 1 atom stereocenters. The minimum absolute atomic E-state index is 0.420. The van der Waals surface area contributed by atoms with Gasteiger partial charge in [0.25, 0.3) is 0 Å². The largest absolute Gasteiger partial charge is 0.381 e. The number of ether oxygens (including phenoxy) is 1. The molecule has 0 aliphatic carbocycles. The van der Waals surface area contributed by atoms with Gasteiger partial charge in [-0.05, 0) is 58.3 Å². The summed E-state index contributed by atoms with van der Waals surface area (Å²) < 4.78 is 5.60. The minimum atomic E-state index is 0.420. The third-order valence-electron chi connectivity index (χ3n) is 5.14. The van der Waals surface area contributed by atoms with Gasteiger partial charge in [-0.1, -0.05) is 6.92 Å². The predicted molar refractivity (Wildman–Crippen MR) is 84.2 cm³/mol. The first-order valence-electron chi connectivity index (χ1n) is 8.34. The quantitative estimate of drug-likeness (QED) is 0.826. The molecule has 2 saturated heterocycles. The first-order chi connectivity index (χ1) is 9.69. The van der Waals surface area contributed by atoms with Crippen LogP contribution in [0.3, 0.4) is 0 Å². The average molecular weight is 283 g/mol. The van der Waals surface area contributed by atoms with Crippen LogP contribution < -0.4 is 5.32 Å². The molecule has 118 valence electrons. The summed E-state index contributed by atoms with van der Waals surface area (Å²) in [4.78, 5) is 5.27. The van der Waals surface area contributed by atoms with Gasteiger partial charge < -0.3 is 15.0 Å². The Labute approximate surface area is 124 Å². The Morgan fingerprint density at radius 2 is 2.00 bits per heavy atom. The molecule has 2 heterocycles. The molecule has 0 amide bonds. The Bertz CT molecular complexity index is 273. The monoisotopic (exact) mass is 283 g/mol. The molecule has 0 spiro atoms. The summed E-state index contributed by atoms with van der Waals surface area (Å²) >= 11 is 0. The first-order valence-corrected chi connectivity index (χ1v) is 8.34. The number of nitrogens with zero attached hydrogens (tertiary/aromatic N) is 2. The van der Waals surface area contributed by atoms with Crippen LogP contribution in [0.2, 0.25) is 0 Å². The van der Waals surface area contributed by atoms with Crippen LogP contribution in [0.1, 0.15) is 32.6 Å². The van der Waals surface area contributed by atoms with Crippen molar-refractivity contribution in [3.63, 3.8) is 0 Å². The van der Waals surface area contributed by atoms with Gasteiger partial charge in [-0.3, -0.25) is 4.90 Å². The Balaban J connectivity index is 2.03.